The molecule has 0 spiro atoms. The SMILES string of the molecule is Cc1nn(C)c(CNC2(CO)CC2)c1Br. The average molecular weight is 274 g/mol. The molecule has 0 unspecified atom stereocenters. The maximum absolute atomic E-state index is 9.18. The quantitative estimate of drug-likeness (QED) is 0.864. The normalized spacial score (nSPS) is 18.1. The monoisotopic (exact) mass is 273 g/mol. The molecule has 84 valence electrons. The maximum Gasteiger partial charge on any atom is 0.0739 e. The maximum atomic E-state index is 9.18. The summed E-state index contributed by atoms with van der Waals surface area (Å²) >= 11 is 3.53. The van der Waals surface area contributed by atoms with Crippen LogP contribution in [0.1, 0.15) is 24.2 Å². The number of halogens is 1. The van der Waals surface area contributed by atoms with Gasteiger partial charge >= 0.3 is 0 Å². The fourth-order valence-corrected chi connectivity index (χ4v) is 2.16. The van der Waals surface area contributed by atoms with Gasteiger partial charge in [-0.3, -0.25) is 4.68 Å². The number of nitrogens with one attached hydrogen (secondary N) is 1. The van der Waals surface area contributed by atoms with Gasteiger partial charge in [-0.25, -0.2) is 0 Å². The van der Waals surface area contributed by atoms with Crippen LogP contribution in [0.4, 0.5) is 0 Å². The van der Waals surface area contributed by atoms with Gasteiger partial charge in [0.15, 0.2) is 0 Å². The van der Waals surface area contributed by atoms with Crippen LogP contribution in [0.25, 0.3) is 0 Å². The van der Waals surface area contributed by atoms with Crippen LogP contribution in [-0.2, 0) is 13.6 Å². The van der Waals surface area contributed by atoms with E-state index in [1.54, 1.807) is 0 Å². The van der Waals surface area contributed by atoms with Crippen molar-refractivity contribution in [3.63, 3.8) is 0 Å². The van der Waals surface area contributed by atoms with E-state index >= 15 is 0 Å². The third-order valence-corrected chi connectivity index (χ3v) is 4.08. The van der Waals surface area contributed by atoms with Crippen LogP contribution in [0, 0.1) is 6.92 Å². The summed E-state index contributed by atoms with van der Waals surface area (Å²) in [5, 5.41) is 16.9. The van der Waals surface area contributed by atoms with Gasteiger partial charge in [-0.15, -0.1) is 0 Å². The second-order valence-electron chi connectivity index (χ2n) is 4.26. The molecule has 1 aliphatic rings. The molecule has 4 nitrogen and oxygen atoms in total. The molecule has 15 heavy (non-hydrogen) atoms. The van der Waals surface area contributed by atoms with Crippen LogP contribution in [-0.4, -0.2) is 27.0 Å². The molecule has 0 bridgehead atoms. The Kier molecular flexibility index (Phi) is 2.87. The number of hydrogen-bond acceptors (Lipinski definition) is 3. The average Bonchev–Trinajstić information content (AvgIpc) is 2.93. The number of aromatic nitrogens is 2. The van der Waals surface area contributed by atoms with Crippen molar-refractivity contribution in [3.8, 4) is 0 Å². The molecule has 0 amide bonds. The lowest BCUT2D eigenvalue weighted by Gasteiger charge is -2.14. The van der Waals surface area contributed by atoms with Gasteiger partial charge in [-0.1, -0.05) is 0 Å². The number of rotatable bonds is 4. The van der Waals surface area contributed by atoms with Crippen molar-refractivity contribution < 1.29 is 5.11 Å². The lowest BCUT2D eigenvalue weighted by molar-refractivity contribution is 0.229. The minimum absolute atomic E-state index is 0.0163. The largest absolute Gasteiger partial charge is 0.394 e. The van der Waals surface area contributed by atoms with E-state index in [-0.39, 0.29) is 12.1 Å². The molecule has 0 saturated heterocycles. The molecule has 2 N–H and O–H groups in total. The molecular weight excluding hydrogens is 258 g/mol. The molecule has 1 heterocycles. The third kappa shape index (κ3) is 2.09. The van der Waals surface area contributed by atoms with E-state index in [0.29, 0.717) is 0 Å². The lowest BCUT2D eigenvalue weighted by atomic mass is 10.2. The molecule has 0 aliphatic heterocycles. The molecule has 0 atom stereocenters. The molecule has 1 saturated carbocycles. The van der Waals surface area contributed by atoms with Crippen LogP contribution in [0.15, 0.2) is 4.47 Å². The number of aliphatic hydroxyl groups excluding tert-OH is 1. The van der Waals surface area contributed by atoms with Crippen molar-refractivity contribution >= 4 is 15.9 Å². The summed E-state index contributed by atoms with van der Waals surface area (Å²) < 4.78 is 2.94. The van der Waals surface area contributed by atoms with Crippen molar-refractivity contribution in [3.05, 3.63) is 15.9 Å². The van der Waals surface area contributed by atoms with Crippen molar-refractivity contribution in [2.75, 3.05) is 6.61 Å². The second kappa shape index (κ2) is 3.88. The molecular formula is C10H16BrN3O. The van der Waals surface area contributed by atoms with Gasteiger partial charge < -0.3 is 10.4 Å². The van der Waals surface area contributed by atoms with Crippen LogP contribution in [0.2, 0.25) is 0 Å². The van der Waals surface area contributed by atoms with Gasteiger partial charge in [-0.2, -0.15) is 5.10 Å². The summed E-state index contributed by atoms with van der Waals surface area (Å²) in [6.45, 7) is 2.95. The van der Waals surface area contributed by atoms with Gasteiger partial charge in [0, 0.05) is 19.1 Å². The van der Waals surface area contributed by atoms with E-state index in [2.05, 4.69) is 26.3 Å². The third-order valence-electron chi connectivity index (χ3n) is 3.05. The van der Waals surface area contributed by atoms with E-state index in [4.69, 9.17) is 0 Å². The molecule has 1 aromatic rings. The van der Waals surface area contributed by atoms with Crippen molar-refractivity contribution in [1.82, 2.24) is 15.1 Å². The topological polar surface area (TPSA) is 50.1 Å². The van der Waals surface area contributed by atoms with Crippen molar-refractivity contribution in [1.29, 1.82) is 0 Å². The van der Waals surface area contributed by atoms with Crippen LogP contribution < -0.4 is 5.32 Å². The lowest BCUT2D eigenvalue weighted by Crippen LogP contribution is -2.34. The standard InChI is InChI=1S/C10H16BrN3O/c1-7-9(11)8(14(2)13-7)5-12-10(6-15)3-4-10/h12,15H,3-6H2,1-2H3. The zero-order chi connectivity index (χ0) is 11.1. The summed E-state index contributed by atoms with van der Waals surface area (Å²) in [6, 6.07) is 0. The van der Waals surface area contributed by atoms with Crippen molar-refractivity contribution in [2.24, 2.45) is 7.05 Å². The zero-order valence-electron chi connectivity index (χ0n) is 9.05. The van der Waals surface area contributed by atoms with E-state index in [1.807, 2.05) is 18.7 Å². The van der Waals surface area contributed by atoms with E-state index in [9.17, 15) is 5.11 Å². The Morgan fingerprint density at radius 3 is 2.67 bits per heavy atom. The predicted molar refractivity (Wildman–Crippen MR) is 61.5 cm³/mol. The fourth-order valence-electron chi connectivity index (χ4n) is 1.69. The molecule has 0 radical (unpaired) electrons. The Morgan fingerprint density at radius 1 is 1.60 bits per heavy atom. The smallest absolute Gasteiger partial charge is 0.0739 e. The minimum Gasteiger partial charge on any atom is -0.394 e. The molecule has 1 aromatic heterocycles. The minimum atomic E-state index is -0.0163. The molecule has 1 fully saturated rings. The van der Waals surface area contributed by atoms with E-state index < -0.39 is 0 Å². The molecule has 0 aromatic carbocycles. The highest BCUT2D eigenvalue weighted by molar-refractivity contribution is 9.10. The van der Waals surface area contributed by atoms with Crippen LogP contribution >= 0.6 is 15.9 Å². The fraction of sp³-hybridized carbons (Fsp3) is 0.700. The molecule has 5 heteroatoms. The number of aliphatic hydroxyl groups is 1. The first kappa shape index (κ1) is 11.1. The Morgan fingerprint density at radius 2 is 2.27 bits per heavy atom. The van der Waals surface area contributed by atoms with E-state index in [0.717, 1.165) is 35.2 Å². The number of aryl methyl sites for hydroxylation is 2. The predicted octanol–water partition coefficient (Wildman–Crippen LogP) is 1.11. The van der Waals surface area contributed by atoms with Gasteiger partial charge in [-0.05, 0) is 35.7 Å². The zero-order valence-corrected chi connectivity index (χ0v) is 10.6. The Hall–Kier alpha value is -0.390. The summed E-state index contributed by atoms with van der Waals surface area (Å²) in [7, 11) is 1.94. The van der Waals surface area contributed by atoms with Gasteiger partial charge in [0.2, 0.25) is 0 Å². The van der Waals surface area contributed by atoms with E-state index in [1.165, 1.54) is 0 Å². The summed E-state index contributed by atoms with van der Waals surface area (Å²) in [5.74, 6) is 0. The summed E-state index contributed by atoms with van der Waals surface area (Å²) in [6.07, 6.45) is 2.13. The Bertz CT molecular complexity index is 371. The summed E-state index contributed by atoms with van der Waals surface area (Å²) in [5.41, 5.74) is 2.12. The number of hydrogen-bond donors (Lipinski definition) is 2. The first-order chi connectivity index (χ1) is 7.08. The first-order valence-corrected chi connectivity index (χ1v) is 5.91. The highest BCUT2D eigenvalue weighted by Gasteiger charge is 2.41. The number of nitrogens with zero attached hydrogens (tertiary/aromatic N) is 2. The van der Waals surface area contributed by atoms with Gasteiger partial charge in [0.25, 0.3) is 0 Å². The van der Waals surface area contributed by atoms with Gasteiger partial charge in [0.05, 0.1) is 22.5 Å². The highest BCUT2D eigenvalue weighted by Crippen LogP contribution is 2.35. The molecule has 2 rings (SSSR count). The van der Waals surface area contributed by atoms with Crippen LogP contribution in [0.5, 0.6) is 0 Å². The Balaban J connectivity index is 2.05. The van der Waals surface area contributed by atoms with Crippen molar-refractivity contribution in [2.45, 2.75) is 31.8 Å². The molecule has 1 aliphatic carbocycles. The first-order valence-electron chi connectivity index (χ1n) is 5.12. The second-order valence-corrected chi connectivity index (χ2v) is 5.05. The highest BCUT2D eigenvalue weighted by atomic mass is 79.9. The summed E-state index contributed by atoms with van der Waals surface area (Å²) in [4.78, 5) is 0. The van der Waals surface area contributed by atoms with Crippen LogP contribution in [0.3, 0.4) is 0 Å². The van der Waals surface area contributed by atoms with Gasteiger partial charge in [0.1, 0.15) is 0 Å². The Labute approximate surface area is 97.8 Å².